The number of carbonyl (C=O) groups excluding carboxylic acids is 2. The predicted octanol–water partition coefficient (Wildman–Crippen LogP) is 8.28. The molecule has 2 heterocycles. The van der Waals surface area contributed by atoms with Gasteiger partial charge in [0.2, 0.25) is 0 Å². The summed E-state index contributed by atoms with van der Waals surface area (Å²) < 4.78 is 22.7. The summed E-state index contributed by atoms with van der Waals surface area (Å²) in [6, 6.07) is 1.13. The number of carboxylic acid groups (broad SMARTS) is 1. The molecule has 4 fully saturated rings. The second-order valence-corrected chi connectivity index (χ2v) is 18.9. The van der Waals surface area contributed by atoms with Crippen LogP contribution in [0, 0.1) is 11.8 Å². The SMILES string of the molecule is COC(=O)C(C)(C)N[C@H]1CC[C@H](CCCOC2C[C@@H](C)N(C(=O)OC(C)(C)C)[C@@H](C)C2)CC1.C[C@@H]1CC(OCCC[C@H]2CC[C@H](N)CC2)C[C@H](C)N1C(=O)O. The van der Waals surface area contributed by atoms with Crippen molar-refractivity contribution < 1.29 is 38.4 Å². The third kappa shape index (κ3) is 16.0. The molecule has 12 heteroatoms. The molecule has 0 aromatic carbocycles. The van der Waals surface area contributed by atoms with E-state index in [0.717, 1.165) is 76.4 Å². The Balaban J connectivity index is 0.000000320. The Hall–Kier alpha value is -2.15. The number of nitrogens with one attached hydrogen (secondary N) is 1. The molecule has 0 radical (unpaired) electrons. The van der Waals surface area contributed by atoms with Crippen LogP contribution in [-0.2, 0) is 23.7 Å². The highest BCUT2D eigenvalue weighted by Gasteiger charge is 2.38. The lowest BCUT2D eigenvalue weighted by Crippen LogP contribution is -2.53. The van der Waals surface area contributed by atoms with E-state index in [1.807, 2.05) is 53.4 Å². The highest BCUT2D eigenvalue weighted by Crippen LogP contribution is 2.32. The molecular weight excluding hydrogens is 700 g/mol. The monoisotopic (exact) mass is 781 g/mol. The van der Waals surface area contributed by atoms with Crippen LogP contribution in [0.15, 0.2) is 0 Å². The highest BCUT2D eigenvalue weighted by atomic mass is 16.6. The van der Waals surface area contributed by atoms with E-state index in [9.17, 15) is 19.5 Å². The van der Waals surface area contributed by atoms with Crippen LogP contribution >= 0.6 is 0 Å². The van der Waals surface area contributed by atoms with Gasteiger partial charge in [-0.25, -0.2) is 9.59 Å². The Kier molecular flexibility index (Phi) is 19.0. The Bertz CT molecular complexity index is 1140. The van der Waals surface area contributed by atoms with Gasteiger partial charge in [0, 0.05) is 49.5 Å². The van der Waals surface area contributed by atoms with E-state index in [1.165, 1.54) is 58.5 Å². The third-order valence-electron chi connectivity index (χ3n) is 12.4. The van der Waals surface area contributed by atoms with Crippen molar-refractivity contribution >= 4 is 18.2 Å². The minimum Gasteiger partial charge on any atom is -0.468 e. The maximum Gasteiger partial charge on any atom is 0.410 e. The van der Waals surface area contributed by atoms with Crippen molar-refractivity contribution in [1.29, 1.82) is 0 Å². The zero-order valence-corrected chi connectivity index (χ0v) is 36.3. The summed E-state index contributed by atoms with van der Waals surface area (Å²) in [5.74, 6) is 1.36. The number of piperidine rings is 2. The fourth-order valence-corrected chi connectivity index (χ4v) is 9.50. The van der Waals surface area contributed by atoms with Gasteiger partial charge in [0.05, 0.1) is 19.3 Å². The Morgan fingerprint density at radius 3 is 1.51 bits per heavy atom. The molecular formula is C43H80N4O8. The Morgan fingerprint density at radius 2 is 1.11 bits per heavy atom. The number of ether oxygens (including phenoxy) is 4. The maximum absolute atomic E-state index is 12.6. The molecule has 2 unspecified atom stereocenters. The fourth-order valence-electron chi connectivity index (χ4n) is 9.50. The molecule has 2 aliphatic carbocycles. The van der Waals surface area contributed by atoms with E-state index in [1.54, 1.807) is 4.90 Å². The second kappa shape index (κ2) is 22.1. The van der Waals surface area contributed by atoms with Crippen LogP contribution in [0.5, 0.6) is 0 Å². The van der Waals surface area contributed by atoms with Crippen LogP contribution in [0.1, 0.15) is 165 Å². The summed E-state index contributed by atoms with van der Waals surface area (Å²) >= 11 is 0. The molecule has 4 aliphatic rings. The molecule has 0 spiro atoms. The molecule has 0 bridgehead atoms. The van der Waals surface area contributed by atoms with Gasteiger partial charge in [-0.2, -0.15) is 0 Å². The number of nitrogens with zero attached hydrogens (tertiary/aromatic N) is 2. The van der Waals surface area contributed by atoms with Gasteiger partial charge in [0.15, 0.2) is 0 Å². The van der Waals surface area contributed by atoms with Crippen molar-refractivity contribution in [2.45, 2.75) is 225 Å². The van der Waals surface area contributed by atoms with Gasteiger partial charge in [0.1, 0.15) is 11.1 Å². The van der Waals surface area contributed by atoms with Crippen molar-refractivity contribution in [2.75, 3.05) is 20.3 Å². The van der Waals surface area contributed by atoms with Crippen molar-refractivity contribution in [1.82, 2.24) is 15.1 Å². The first-order valence-corrected chi connectivity index (χ1v) is 21.7. The van der Waals surface area contributed by atoms with Crippen molar-refractivity contribution in [3.8, 4) is 0 Å². The van der Waals surface area contributed by atoms with E-state index in [2.05, 4.69) is 19.2 Å². The largest absolute Gasteiger partial charge is 0.468 e. The quantitative estimate of drug-likeness (QED) is 0.123. The number of nitrogens with two attached hydrogens (primary N) is 1. The first-order chi connectivity index (χ1) is 25.8. The van der Waals surface area contributed by atoms with Gasteiger partial charge < -0.3 is 39.6 Å². The summed E-state index contributed by atoms with van der Waals surface area (Å²) in [4.78, 5) is 39.1. The van der Waals surface area contributed by atoms with Crippen LogP contribution in [-0.4, -0.2) is 113 Å². The molecule has 6 atom stereocenters. The molecule has 4 rings (SSSR count). The zero-order valence-electron chi connectivity index (χ0n) is 36.3. The molecule has 2 saturated heterocycles. The van der Waals surface area contributed by atoms with Crippen LogP contribution < -0.4 is 11.1 Å². The van der Waals surface area contributed by atoms with Crippen LogP contribution in [0.3, 0.4) is 0 Å². The number of likely N-dealkylation sites (tertiary alicyclic amines) is 2. The number of hydrogen-bond donors (Lipinski definition) is 3. The average molecular weight is 781 g/mol. The summed E-state index contributed by atoms with van der Waals surface area (Å²) in [6.07, 6.45) is 16.8. The third-order valence-corrected chi connectivity index (χ3v) is 12.4. The van der Waals surface area contributed by atoms with E-state index in [0.29, 0.717) is 12.1 Å². The summed E-state index contributed by atoms with van der Waals surface area (Å²) in [6.45, 7) is 19.2. The molecule has 2 amide bonds. The smallest absolute Gasteiger partial charge is 0.410 e. The molecule has 2 aliphatic heterocycles. The van der Waals surface area contributed by atoms with Gasteiger partial charge in [0.25, 0.3) is 0 Å². The first kappa shape index (κ1) is 47.2. The lowest BCUT2D eigenvalue weighted by molar-refractivity contribution is -0.147. The zero-order chi connectivity index (χ0) is 40.9. The van der Waals surface area contributed by atoms with E-state index < -0.39 is 17.2 Å². The second-order valence-electron chi connectivity index (χ2n) is 18.9. The first-order valence-electron chi connectivity index (χ1n) is 21.7. The molecule has 0 aromatic heterocycles. The molecule has 4 N–H and O–H groups in total. The van der Waals surface area contributed by atoms with Gasteiger partial charge in [-0.3, -0.25) is 10.1 Å². The average Bonchev–Trinajstić information content (AvgIpc) is 3.08. The summed E-state index contributed by atoms with van der Waals surface area (Å²) in [7, 11) is 1.44. The van der Waals surface area contributed by atoms with Crippen LogP contribution in [0.2, 0.25) is 0 Å². The van der Waals surface area contributed by atoms with Gasteiger partial charge in [-0.1, -0.05) is 0 Å². The van der Waals surface area contributed by atoms with E-state index >= 15 is 0 Å². The molecule has 0 aromatic rings. The molecule has 12 nitrogen and oxygen atoms in total. The predicted molar refractivity (Wildman–Crippen MR) is 217 cm³/mol. The number of methoxy groups -OCH3 is 1. The number of hydrogen-bond acceptors (Lipinski definition) is 9. The maximum atomic E-state index is 12.6. The fraction of sp³-hybridized carbons (Fsp3) is 0.930. The van der Waals surface area contributed by atoms with Crippen molar-refractivity contribution in [3.63, 3.8) is 0 Å². The molecule has 2 saturated carbocycles. The Labute approximate surface area is 333 Å². The van der Waals surface area contributed by atoms with Gasteiger partial charge in [-0.05, 0) is 177 Å². The number of rotatable bonds is 13. The standard InChI is InChI=1S/C26H48N2O5.C17H32N2O3/c1-18-16-22(17-19(2)28(18)24(30)33-25(3,4)5)32-15-9-10-20-11-13-21(14-12-20)27-26(6,7)23(29)31-8;1-12-10-16(11-13(2)19(12)17(20)21)22-9-3-4-14-5-7-15(18)8-6-14/h18-22,27H,9-17H2,1-8H3;12-16H,3-11,18H2,1-2H3,(H,20,21)/t18-,19+,20-,21-,22?;12-,13+,14-,15-,16?. The summed E-state index contributed by atoms with van der Waals surface area (Å²) in [5.41, 5.74) is 4.83. The summed E-state index contributed by atoms with van der Waals surface area (Å²) in [5, 5.41) is 12.7. The number of carbonyl (C=O) groups is 3. The lowest BCUT2D eigenvalue weighted by Gasteiger charge is -2.42. The van der Waals surface area contributed by atoms with Crippen molar-refractivity contribution in [3.05, 3.63) is 0 Å². The lowest BCUT2D eigenvalue weighted by atomic mass is 9.82. The van der Waals surface area contributed by atoms with Crippen LogP contribution in [0.25, 0.3) is 0 Å². The number of amides is 2. The van der Waals surface area contributed by atoms with E-state index in [-0.39, 0.29) is 48.4 Å². The van der Waals surface area contributed by atoms with Gasteiger partial charge >= 0.3 is 18.2 Å². The van der Waals surface area contributed by atoms with Crippen LogP contribution in [0.4, 0.5) is 9.59 Å². The van der Waals surface area contributed by atoms with Gasteiger partial charge in [-0.15, -0.1) is 0 Å². The van der Waals surface area contributed by atoms with Crippen molar-refractivity contribution in [2.24, 2.45) is 17.6 Å². The van der Waals surface area contributed by atoms with E-state index in [4.69, 9.17) is 24.7 Å². The minimum atomic E-state index is -0.811. The topological polar surface area (TPSA) is 153 Å². The molecule has 55 heavy (non-hydrogen) atoms. The Morgan fingerprint density at radius 1 is 0.691 bits per heavy atom. The minimum absolute atomic E-state index is 0.0473. The molecule has 320 valence electrons. The highest BCUT2D eigenvalue weighted by molar-refractivity contribution is 5.79. The normalized spacial score (nSPS) is 31.9. The number of esters is 1.